The Kier molecular flexibility index (Phi) is 5.04. The van der Waals surface area contributed by atoms with E-state index in [9.17, 15) is 0 Å². The van der Waals surface area contributed by atoms with Crippen LogP contribution in [-0.2, 0) is 6.54 Å². The van der Waals surface area contributed by atoms with Gasteiger partial charge >= 0.3 is 0 Å². The zero-order valence-corrected chi connectivity index (χ0v) is 12.9. The number of anilines is 2. The summed E-state index contributed by atoms with van der Waals surface area (Å²) >= 11 is 3.41. The van der Waals surface area contributed by atoms with Crippen LogP contribution in [0.3, 0.4) is 0 Å². The zero-order chi connectivity index (χ0) is 12.4. The van der Waals surface area contributed by atoms with Crippen LogP contribution in [0.5, 0.6) is 0 Å². The summed E-state index contributed by atoms with van der Waals surface area (Å²) in [6.07, 6.45) is 1.89. The molecule has 0 spiro atoms. The summed E-state index contributed by atoms with van der Waals surface area (Å²) in [5.74, 6) is 0. The van der Waals surface area contributed by atoms with E-state index in [2.05, 4.69) is 32.3 Å². The molecular weight excluding hydrogens is 300 g/mol. The van der Waals surface area contributed by atoms with Crippen molar-refractivity contribution in [1.82, 2.24) is 9.88 Å². The van der Waals surface area contributed by atoms with Crippen molar-refractivity contribution in [2.45, 2.75) is 6.54 Å². The molecule has 1 fully saturated rings. The van der Waals surface area contributed by atoms with Gasteiger partial charge in [-0.2, -0.15) is 0 Å². The quantitative estimate of drug-likeness (QED) is 0.945. The number of aromatic nitrogens is 1. The standard InChI is InChI=1S/C12H16N4S2.ClH/c13-12-14-8-10(18-12)9-15-3-5-16(6-4-15)11-2-1-7-17-11;/h1-2,7-8H,3-6,9H2,(H2,13,14);1H. The fourth-order valence-electron chi connectivity index (χ4n) is 2.19. The Labute approximate surface area is 127 Å². The molecule has 2 aromatic heterocycles. The molecule has 1 aliphatic heterocycles. The molecule has 1 aliphatic rings. The van der Waals surface area contributed by atoms with Gasteiger partial charge in [-0.3, -0.25) is 4.90 Å². The van der Waals surface area contributed by atoms with Gasteiger partial charge in [-0.25, -0.2) is 4.98 Å². The molecule has 0 aliphatic carbocycles. The van der Waals surface area contributed by atoms with Gasteiger partial charge in [0.1, 0.15) is 0 Å². The van der Waals surface area contributed by atoms with Crippen LogP contribution in [0.1, 0.15) is 4.88 Å². The molecule has 0 amide bonds. The number of hydrogen-bond donors (Lipinski definition) is 1. The van der Waals surface area contributed by atoms with E-state index >= 15 is 0 Å². The number of thiophene rings is 1. The molecule has 0 aromatic carbocycles. The molecule has 4 nitrogen and oxygen atoms in total. The lowest BCUT2D eigenvalue weighted by Crippen LogP contribution is -2.45. The number of nitrogen functional groups attached to an aromatic ring is 1. The maximum atomic E-state index is 5.65. The normalized spacial score (nSPS) is 16.3. The summed E-state index contributed by atoms with van der Waals surface area (Å²) in [5, 5.41) is 4.20. The fourth-order valence-corrected chi connectivity index (χ4v) is 3.70. The van der Waals surface area contributed by atoms with Gasteiger partial charge in [0, 0.05) is 43.8 Å². The number of rotatable bonds is 3. The van der Waals surface area contributed by atoms with E-state index in [1.807, 2.05) is 17.5 Å². The highest BCUT2D eigenvalue weighted by Gasteiger charge is 2.18. The minimum Gasteiger partial charge on any atom is -0.375 e. The Bertz CT molecular complexity index is 492. The highest BCUT2D eigenvalue weighted by molar-refractivity contribution is 7.15. The summed E-state index contributed by atoms with van der Waals surface area (Å²) in [6, 6.07) is 4.32. The predicted molar refractivity (Wildman–Crippen MR) is 85.6 cm³/mol. The number of nitrogens with two attached hydrogens (primary N) is 1. The van der Waals surface area contributed by atoms with Crippen LogP contribution in [-0.4, -0.2) is 36.1 Å². The zero-order valence-electron chi connectivity index (χ0n) is 10.5. The maximum Gasteiger partial charge on any atom is 0.180 e. The summed E-state index contributed by atoms with van der Waals surface area (Å²) < 4.78 is 0. The lowest BCUT2D eigenvalue weighted by Gasteiger charge is -2.34. The van der Waals surface area contributed by atoms with Gasteiger partial charge in [-0.05, 0) is 17.5 Å². The molecule has 2 aromatic rings. The van der Waals surface area contributed by atoms with Crippen LogP contribution in [0.4, 0.5) is 10.1 Å². The number of thiazole rings is 1. The van der Waals surface area contributed by atoms with Gasteiger partial charge in [0.25, 0.3) is 0 Å². The molecule has 3 rings (SSSR count). The van der Waals surface area contributed by atoms with Crippen LogP contribution in [0.25, 0.3) is 0 Å². The first kappa shape index (κ1) is 14.6. The van der Waals surface area contributed by atoms with Crippen molar-refractivity contribution in [2.24, 2.45) is 0 Å². The molecular formula is C12H17ClN4S2. The molecule has 1 saturated heterocycles. The van der Waals surface area contributed by atoms with Gasteiger partial charge in [0.15, 0.2) is 5.13 Å². The first-order valence-corrected chi connectivity index (χ1v) is 7.72. The van der Waals surface area contributed by atoms with Crippen LogP contribution in [0.15, 0.2) is 23.7 Å². The van der Waals surface area contributed by atoms with Crippen molar-refractivity contribution < 1.29 is 0 Å². The maximum absolute atomic E-state index is 5.65. The largest absolute Gasteiger partial charge is 0.375 e. The molecule has 19 heavy (non-hydrogen) atoms. The average Bonchev–Trinajstić information content (AvgIpc) is 3.02. The average molecular weight is 317 g/mol. The monoisotopic (exact) mass is 316 g/mol. The Hall–Kier alpha value is -0.820. The second-order valence-corrected chi connectivity index (χ2v) is 6.45. The molecule has 2 N–H and O–H groups in total. The molecule has 0 radical (unpaired) electrons. The Morgan fingerprint density at radius 2 is 2.05 bits per heavy atom. The van der Waals surface area contributed by atoms with Crippen molar-refractivity contribution >= 4 is 45.2 Å². The van der Waals surface area contributed by atoms with Crippen molar-refractivity contribution in [3.05, 3.63) is 28.6 Å². The molecule has 7 heteroatoms. The van der Waals surface area contributed by atoms with E-state index in [1.165, 1.54) is 9.88 Å². The predicted octanol–water partition coefficient (Wildman–Crippen LogP) is 2.53. The fraction of sp³-hybridized carbons (Fsp3) is 0.417. The third-order valence-corrected chi connectivity index (χ3v) is 4.88. The second-order valence-electron chi connectivity index (χ2n) is 4.38. The second kappa shape index (κ2) is 6.56. The number of halogens is 1. The van der Waals surface area contributed by atoms with E-state index in [0.29, 0.717) is 5.13 Å². The smallest absolute Gasteiger partial charge is 0.180 e. The summed E-state index contributed by atoms with van der Waals surface area (Å²) in [7, 11) is 0. The van der Waals surface area contributed by atoms with Gasteiger partial charge in [-0.15, -0.1) is 35.1 Å². The van der Waals surface area contributed by atoms with Crippen molar-refractivity contribution in [2.75, 3.05) is 36.8 Å². The third-order valence-electron chi connectivity index (χ3n) is 3.14. The molecule has 0 bridgehead atoms. The van der Waals surface area contributed by atoms with E-state index in [-0.39, 0.29) is 12.4 Å². The van der Waals surface area contributed by atoms with E-state index < -0.39 is 0 Å². The van der Waals surface area contributed by atoms with Crippen molar-refractivity contribution in [1.29, 1.82) is 0 Å². The van der Waals surface area contributed by atoms with Crippen molar-refractivity contribution in [3.8, 4) is 0 Å². The molecule has 104 valence electrons. The SMILES string of the molecule is Cl.Nc1ncc(CN2CCN(c3cccs3)CC2)s1. The van der Waals surface area contributed by atoms with Gasteiger partial charge in [0.2, 0.25) is 0 Å². The summed E-state index contributed by atoms with van der Waals surface area (Å²) in [4.78, 5) is 10.3. The Balaban J connectivity index is 0.00000133. The topological polar surface area (TPSA) is 45.4 Å². The first-order valence-electron chi connectivity index (χ1n) is 6.02. The van der Waals surface area contributed by atoms with Crippen molar-refractivity contribution in [3.63, 3.8) is 0 Å². The highest BCUT2D eigenvalue weighted by Crippen LogP contribution is 2.23. The van der Waals surface area contributed by atoms with Gasteiger partial charge in [0.05, 0.1) is 5.00 Å². The molecule has 0 saturated carbocycles. The summed E-state index contributed by atoms with van der Waals surface area (Å²) in [6.45, 7) is 5.40. The Morgan fingerprint density at radius 1 is 1.26 bits per heavy atom. The van der Waals surface area contributed by atoms with Crippen LogP contribution < -0.4 is 10.6 Å². The third kappa shape index (κ3) is 3.60. The minimum absolute atomic E-state index is 0. The van der Waals surface area contributed by atoms with E-state index in [0.717, 1.165) is 32.7 Å². The molecule has 0 atom stereocenters. The number of hydrogen-bond acceptors (Lipinski definition) is 6. The Morgan fingerprint density at radius 3 is 2.63 bits per heavy atom. The van der Waals surface area contributed by atoms with Crippen LogP contribution in [0.2, 0.25) is 0 Å². The highest BCUT2D eigenvalue weighted by atomic mass is 35.5. The van der Waals surface area contributed by atoms with E-state index in [4.69, 9.17) is 5.73 Å². The molecule has 0 unspecified atom stereocenters. The van der Waals surface area contributed by atoms with Gasteiger partial charge in [-0.1, -0.05) is 0 Å². The lowest BCUT2D eigenvalue weighted by molar-refractivity contribution is 0.252. The minimum atomic E-state index is 0. The number of nitrogens with zero attached hydrogens (tertiary/aromatic N) is 3. The lowest BCUT2D eigenvalue weighted by atomic mass is 10.3. The van der Waals surface area contributed by atoms with Gasteiger partial charge < -0.3 is 10.6 Å². The van der Waals surface area contributed by atoms with Crippen LogP contribution >= 0.6 is 35.1 Å². The van der Waals surface area contributed by atoms with E-state index in [1.54, 1.807) is 11.3 Å². The first-order chi connectivity index (χ1) is 8.81. The van der Waals surface area contributed by atoms with Crippen LogP contribution in [0, 0.1) is 0 Å². The number of piperazine rings is 1. The molecule has 3 heterocycles. The summed E-state index contributed by atoms with van der Waals surface area (Å²) in [5.41, 5.74) is 5.65.